The summed E-state index contributed by atoms with van der Waals surface area (Å²) in [7, 11) is 1.97. The second-order valence-corrected chi connectivity index (χ2v) is 4.67. The van der Waals surface area contributed by atoms with Crippen molar-refractivity contribution < 1.29 is 0 Å². The van der Waals surface area contributed by atoms with Gasteiger partial charge in [-0.1, -0.05) is 0 Å². The van der Waals surface area contributed by atoms with Gasteiger partial charge in [0.05, 0.1) is 0 Å². The molecule has 0 amide bonds. The lowest BCUT2D eigenvalue weighted by Gasteiger charge is -2.19. The van der Waals surface area contributed by atoms with Gasteiger partial charge < -0.3 is 15.5 Å². The van der Waals surface area contributed by atoms with Crippen LogP contribution in [0.15, 0.2) is 6.07 Å². The van der Waals surface area contributed by atoms with E-state index in [0.717, 1.165) is 38.5 Å². The third kappa shape index (κ3) is 3.71. The molecule has 2 heterocycles. The number of hydrogen-bond acceptors (Lipinski definition) is 4. The summed E-state index contributed by atoms with van der Waals surface area (Å²) in [5.41, 5.74) is 1.19. The van der Waals surface area contributed by atoms with Crippen molar-refractivity contribution in [3.63, 3.8) is 0 Å². The summed E-state index contributed by atoms with van der Waals surface area (Å²) in [5, 5.41) is 11.2. The van der Waals surface area contributed by atoms with Crippen LogP contribution < -0.4 is 10.6 Å². The molecule has 2 rings (SSSR count). The maximum atomic E-state index is 4.39. The van der Waals surface area contributed by atoms with Crippen molar-refractivity contribution >= 4 is 5.82 Å². The zero-order valence-electron chi connectivity index (χ0n) is 10.9. The number of anilines is 1. The van der Waals surface area contributed by atoms with Crippen LogP contribution >= 0.6 is 0 Å². The van der Waals surface area contributed by atoms with Crippen molar-refractivity contribution in [3.05, 3.63) is 11.8 Å². The molecule has 96 valence electrons. The minimum absolute atomic E-state index is 0.969. The second-order valence-electron chi connectivity index (χ2n) is 4.67. The average molecular weight is 237 g/mol. The van der Waals surface area contributed by atoms with E-state index in [0.29, 0.717) is 0 Å². The van der Waals surface area contributed by atoms with Crippen LogP contribution in [-0.2, 0) is 7.05 Å². The molecule has 5 nitrogen and oxygen atoms in total. The molecular formula is C12H23N5. The van der Waals surface area contributed by atoms with E-state index in [9.17, 15) is 0 Å². The third-order valence-corrected chi connectivity index (χ3v) is 3.28. The molecular weight excluding hydrogens is 214 g/mol. The van der Waals surface area contributed by atoms with Gasteiger partial charge in [-0.05, 0) is 26.4 Å². The first kappa shape index (κ1) is 12.4. The van der Waals surface area contributed by atoms with Crippen molar-refractivity contribution in [2.24, 2.45) is 7.05 Å². The summed E-state index contributed by atoms with van der Waals surface area (Å²) in [4.78, 5) is 2.50. The Hall–Kier alpha value is -1.07. The molecule has 0 atom stereocenters. The molecule has 0 bridgehead atoms. The van der Waals surface area contributed by atoms with Gasteiger partial charge in [0.2, 0.25) is 0 Å². The summed E-state index contributed by atoms with van der Waals surface area (Å²) in [6.07, 6.45) is 1.25. The monoisotopic (exact) mass is 237 g/mol. The maximum absolute atomic E-state index is 4.39. The molecule has 5 heteroatoms. The lowest BCUT2D eigenvalue weighted by Crippen LogP contribution is -2.32. The smallest absolute Gasteiger partial charge is 0.148 e. The van der Waals surface area contributed by atoms with E-state index in [-0.39, 0.29) is 0 Å². The van der Waals surface area contributed by atoms with E-state index in [2.05, 4.69) is 33.6 Å². The highest BCUT2D eigenvalue weighted by molar-refractivity contribution is 5.35. The first-order chi connectivity index (χ1) is 8.25. The summed E-state index contributed by atoms with van der Waals surface area (Å²) in [6, 6.07) is 2.09. The molecule has 0 radical (unpaired) electrons. The highest BCUT2D eigenvalue weighted by Crippen LogP contribution is 2.06. The first-order valence-electron chi connectivity index (χ1n) is 6.43. The Morgan fingerprint density at radius 3 is 3.06 bits per heavy atom. The predicted molar refractivity (Wildman–Crippen MR) is 70.4 cm³/mol. The normalized spacial score (nSPS) is 18.0. The highest BCUT2D eigenvalue weighted by Gasteiger charge is 2.08. The van der Waals surface area contributed by atoms with E-state index in [1.165, 1.54) is 18.7 Å². The molecule has 1 fully saturated rings. The number of nitrogens with one attached hydrogen (secondary N) is 2. The van der Waals surface area contributed by atoms with Crippen LogP contribution in [0.5, 0.6) is 0 Å². The largest absolute Gasteiger partial charge is 0.367 e. The Morgan fingerprint density at radius 1 is 1.41 bits per heavy atom. The van der Waals surface area contributed by atoms with E-state index in [1.54, 1.807) is 0 Å². The number of nitrogens with zero attached hydrogens (tertiary/aromatic N) is 3. The van der Waals surface area contributed by atoms with E-state index in [1.807, 2.05) is 11.7 Å². The number of hydrogen-bond donors (Lipinski definition) is 2. The molecule has 0 spiro atoms. The summed E-state index contributed by atoms with van der Waals surface area (Å²) in [5.74, 6) is 0.984. The van der Waals surface area contributed by atoms with Crippen molar-refractivity contribution in [1.29, 1.82) is 0 Å². The predicted octanol–water partition coefficient (Wildman–Crippen LogP) is 0.436. The van der Waals surface area contributed by atoms with Crippen molar-refractivity contribution in [2.45, 2.75) is 13.3 Å². The molecule has 1 aliphatic rings. The van der Waals surface area contributed by atoms with Gasteiger partial charge in [0.15, 0.2) is 0 Å². The lowest BCUT2D eigenvalue weighted by atomic mass is 10.4. The molecule has 0 aliphatic carbocycles. The minimum Gasteiger partial charge on any atom is -0.367 e. The Labute approximate surface area is 103 Å². The molecule has 2 N–H and O–H groups in total. The standard InChI is InChI=1S/C12H23N5/c1-11-10-12(15-16(11)2)14-6-9-17-7-3-4-13-5-8-17/h10,13H,3-9H2,1-2H3,(H,14,15). The first-order valence-corrected chi connectivity index (χ1v) is 6.43. The van der Waals surface area contributed by atoms with Gasteiger partial charge in [0.1, 0.15) is 5.82 Å². The van der Waals surface area contributed by atoms with E-state index < -0.39 is 0 Å². The van der Waals surface area contributed by atoms with Gasteiger partial charge >= 0.3 is 0 Å². The van der Waals surface area contributed by atoms with Crippen LogP contribution in [-0.4, -0.2) is 53.9 Å². The number of aromatic nitrogens is 2. The third-order valence-electron chi connectivity index (χ3n) is 3.28. The summed E-state index contributed by atoms with van der Waals surface area (Å²) in [6.45, 7) is 8.76. The SMILES string of the molecule is Cc1cc(NCCN2CCCNCC2)nn1C. The molecule has 1 saturated heterocycles. The van der Waals surface area contributed by atoms with Gasteiger partial charge in [-0.15, -0.1) is 0 Å². The van der Waals surface area contributed by atoms with Crippen LogP contribution in [0.25, 0.3) is 0 Å². The quantitative estimate of drug-likeness (QED) is 0.797. The lowest BCUT2D eigenvalue weighted by molar-refractivity contribution is 0.304. The van der Waals surface area contributed by atoms with Gasteiger partial charge in [-0.3, -0.25) is 4.68 Å². The van der Waals surface area contributed by atoms with Crippen molar-refractivity contribution in [2.75, 3.05) is 44.6 Å². The molecule has 1 aliphatic heterocycles. The molecule has 0 saturated carbocycles. The minimum atomic E-state index is 0.969. The van der Waals surface area contributed by atoms with Gasteiger partial charge in [-0.2, -0.15) is 5.10 Å². The van der Waals surface area contributed by atoms with Crippen molar-refractivity contribution in [3.8, 4) is 0 Å². The van der Waals surface area contributed by atoms with E-state index >= 15 is 0 Å². The zero-order valence-corrected chi connectivity index (χ0v) is 10.9. The highest BCUT2D eigenvalue weighted by atomic mass is 15.3. The Bertz CT molecular complexity index is 319. The zero-order chi connectivity index (χ0) is 12.1. The molecule has 0 aromatic carbocycles. The van der Waals surface area contributed by atoms with Crippen molar-refractivity contribution in [1.82, 2.24) is 20.0 Å². The van der Waals surface area contributed by atoms with Crippen LogP contribution in [0.1, 0.15) is 12.1 Å². The number of rotatable bonds is 4. The van der Waals surface area contributed by atoms with Crippen LogP contribution in [0.4, 0.5) is 5.82 Å². The fourth-order valence-corrected chi connectivity index (χ4v) is 2.11. The maximum Gasteiger partial charge on any atom is 0.148 e. The topological polar surface area (TPSA) is 45.1 Å². The van der Waals surface area contributed by atoms with Gasteiger partial charge in [-0.25, -0.2) is 0 Å². The molecule has 0 unspecified atom stereocenters. The van der Waals surface area contributed by atoms with Gasteiger partial charge in [0, 0.05) is 45.0 Å². The molecule has 17 heavy (non-hydrogen) atoms. The second kappa shape index (κ2) is 6.02. The molecule has 1 aromatic rings. The number of aryl methyl sites for hydroxylation is 2. The van der Waals surface area contributed by atoms with Crippen LogP contribution in [0, 0.1) is 6.92 Å². The Kier molecular flexibility index (Phi) is 4.39. The fourth-order valence-electron chi connectivity index (χ4n) is 2.11. The van der Waals surface area contributed by atoms with E-state index in [4.69, 9.17) is 0 Å². The fraction of sp³-hybridized carbons (Fsp3) is 0.750. The van der Waals surface area contributed by atoms with Gasteiger partial charge in [0.25, 0.3) is 0 Å². The average Bonchev–Trinajstić information content (AvgIpc) is 2.55. The van der Waals surface area contributed by atoms with Crippen LogP contribution in [0.3, 0.4) is 0 Å². The van der Waals surface area contributed by atoms with Crippen LogP contribution in [0.2, 0.25) is 0 Å². The Balaban J connectivity index is 1.71. The summed E-state index contributed by atoms with van der Waals surface area (Å²) >= 11 is 0. The summed E-state index contributed by atoms with van der Waals surface area (Å²) < 4.78 is 1.90. The Morgan fingerprint density at radius 2 is 2.29 bits per heavy atom. The molecule has 1 aromatic heterocycles.